The van der Waals surface area contributed by atoms with Crippen LogP contribution >= 0.6 is 0 Å². The Morgan fingerprint density at radius 2 is 1.71 bits per heavy atom. The average Bonchev–Trinajstić information content (AvgIpc) is 3.49. The first-order valence-corrected chi connectivity index (χ1v) is 11.1. The van der Waals surface area contributed by atoms with Gasteiger partial charge in [0.15, 0.2) is 0 Å². The first-order chi connectivity index (χ1) is 16.7. The van der Waals surface area contributed by atoms with Crippen molar-refractivity contribution in [1.82, 2.24) is 20.4 Å². The molecule has 2 aromatic heterocycles. The second-order valence-electron chi connectivity index (χ2n) is 8.48. The predicted octanol–water partition coefficient (Wildman–Crippen LogP) is 5.59. The Bertz CT molecular complexity index is 1530. The molecule has 0 saturated carbocycles. The van der Waals surface area contributed by atoms with Gasteiger partial charge in [-0.05, 0) is 40.8 Å². The van der Waals surface area contributed by atoms with Crippen LogP contribution in [0, 0.1) is 5.82 Å². The zero-order valence-electron chi connectivity index (χ0n) is 18.2. The number of hydrogen-bond donors (Lipinski definition) is 2. The van der Waals surface area contributed by atoms with Crippen molar-refractivity contribution in [2.75, 3.05) is 5.73 Å². The molecule has 0 saturated heterocycles. The summed E-state index contributed by atoms with van der Waals surface area (Å²) >= 11 is 0. The molecule has 3 heterocycles. The molecule has 0 unspecified atom stereocenters. The molecule has 166 valence electrons. The zero-order valence-corrected chi connectivity index (χ0v) is 18.2. The smallest absolute Gasteiger partial charge is 0.203 e. The molecule has 34 heavy (non-hydrogen) atoms. The minimum atomic E-state index is -0.263. The van der Waals surface area contributed by atoms with E-state index in [0.29, 0.717) is 41.1 Å². The monoisotopic (exact) mass is 448 g/mol. The quantitative estimate of drug-likeness (QED) is 0.366. The van der Waals surface area contributed by atoms with Gasteiger partial charge in [-0.3, -0.25) is 4.99 Å². The Kier molecular flexibility index (Phi) is 4.87. The Labute approximate surface area is 195 Å². The van der Waals surface area contributed by atoms with E-state index in [4.69, 9.17) is 10.7 Å². The number of nitrogen functional groups attached to an aromatic ring is 1. The number of H-pyrrole nitrogens is 1. The van der Waals surface area contributed by atoms with Gasteiger partial charge >= 0.3 is 0 Å². The maximum Gasteiger partial charge on any atom is 0.203 e. The molecular formula is C27H21FN6. The van der Waals surface area contributed by atoms with Crippen LogP contribution in [-0.2, 0) is 6.42 Å². The molecule has 1 aliphatic heterocycles. The van der Waals surface area contributed by atoms with Crippen LogP contribution in [0.5, 0.6) is 0 Å². The van der Waals surface area contributed by atoms with E-state index >= 15 is 0 Å². The molecule has 0 amide bonds. The molecule has 0 aliphatic carbocycles. The molecule has 6 rings (SSSR count). The van der Waals surface area contributed by atoms with Crippen LogP contribution in [0.25, 0.3) is 22.3 Å². The van der Waals surface area contributed by atoms with Crippen molar-refractivity contribution in [3.05, 3.63) is 101 Å². The van der Waals surface area contributed by atoms with Crippen molar-refractivity contribution in [1.29, 1.82) is 0 Å². The summed E-state index contributed by atoms with van der Waals surface area (Å²) in [6.07, 6.45) is 1.31. The van der Waals surface area contributed by atoms with Gasteiger partial charge in [-0.2, -0.15) is 10.3 Å². The Hall–Kier alpha value is -4.39. The summed E-state index contributed by atoms with van der Waals surface area (Å²) in [6, 6.07) is 25.1. The lowest BCUT2D eigenvalue weighted by Gasteiger charge is -2.18. The minimum Gasteiger partial charge on any atom is -0.384 e. The summed E-state index contributed by atoms with van der Waals surface area (Å²) < 4.78 is 14.9. The number of benzene rings is 3. The number of aliphatic imine (C=N–C) groups is 1. The standard InChI is InChI=1S/C27H21FN6/c28-23-15-24-18(12-21(23)17-9-5-2-6-10-17)11-19(30-24)13-20(16-7-3-1-4-8-16)22-14-25(29)31-27-26(22)32-34-33-27/h1-10,12,14-15,20H,11,13H2,(H3,29,31,32,33,34)/t20-/m1/s1. The van der Waals surface area contributed by atoms with E-state index in [1.807, 2.05) is 60.7 Å². The lowest BCUT2D eigenvalue weighted by molar-refractivity contribution is 0.631. The fourth-order valence-corrected chi connectivity index (χ4v) is 4.71. The van der Waals surface area contributed by atoms with Crippen molar-refractivity contribution in [2.45, 2.75) is 18.8 Å². The van der Waals surface area contributed by atoms with Gasteiger partial charge in [0, 0.05) is 29.7 Å². The first kappa shape index (κ1) is 20.2. The number of nitrogens with two attached hydrogens (primary N) is 1. The van der Waals surface area contributed by atoms with Crippen LogP contribution in [0.2, 0.25) is 0 Å². The van der Waals surface area contributed by atoms with Gasteiger partial charge in [0.25, 0.3) is 0 Å². The first-order valence-electron chi connectivity index (χ1n) is 11.1. The highest BCUT2D eigenvalue weighted by Crippen LogP contribution is 2.38. The summed E-state index contributed by atoms with van der Waals surface area (Å²) in [7, 11) is 0. The van der Waals surface area contributed by atoms with Gasteiger partial charge < -0.3 is 5.73 Å². The second-order valence-corrected chi connectivity index (χ2v) is 8.48. The van der Waals surface area contributed by atoms with Crippen LogP contribution in [0.4, 0.5) is 15.9 Å². The molecular weight excluding hydrogens is 427 g/mol. The van der Waals surface area contributed by atoms with E-state index in [2.05, 4.69) is 32.5 Å². The lowest BCUT2D eigenvalue weighted by atomic mass is 9.85. The summed E-state index contributed by atoms with van der Waals surface area (Å²) in [4.78, 5) is 9.10. The van der Waals surface area contributed by atoms with Crippen LogP contribution in [0.3, 0.4) is 0 Å². The van der Waals surface area contributed by atoms with E-state index in [1.54, 1.807) is 6.07 Å². The molecule has 0 radical (unpaired) electrons. The van der Waals surface area contributed by atoms with E-state index in [-0.39, 0.29) is 11.7 Å². The number of nitrogens with one attached hydrogen (secondary N) is 1. The number of hydrogen-bond acceptors (Lipinski definition) is 5. The maximum atomic E-state index is 14.9. The van der Waals surface area contributed by atoms with Gasteiger partial charge in [0.2, 0.25) is 5.65 Å². The molecule has 3 aromatic carbocycles. The van der Waals surface area contributed by atoms with E-state index in [0.717, 1.165) is 28.0 Å². The summed E-state index contributed by atoms with van der Waals surface area (Å²) in [5.74, 6) is 0.0786. The van der Waals surface area contributed by atoms with Gasteiger partial charge in [-0.1, -0.05) is 60.7 Å². The fraction of sp³-hybridized carbons (Fsp3) is 0.111. The molecule has 0 bridgehead atoms. The number of pyridine rings is 1. The van der Waals surface area contributed by atoms with Crippen molar-refractivity contribution in [3.8, 4) is 11.1 Å². The third kappa shape index (κ3) is 3.61. The zero-order chi connectivity index (χ0) is 23.1. The predicted molar refractivity (Wildman–Crippen MR) is 132 cm³/mol. The van der Waals surface area contributed by atoms with E-state index in [9.17, 15) is 4.39 Å². The topological polar surface area (TPSA) is 92.8 Å². The number of anilines is 1. The van der Waals surface area contributed by atoms with Crippen molar-refractivity contribution >= 4 is 28.4 Å². The number of halogens is 1. The Balaban J connectivity index is 1.38. The number of fused-ring (bicyclic) bond motifs is 2. The summed E-state index contributed by atoms with van der Waals surface area (Å²) in [6.45, 7) is 0. The van der Waals surface area contributed by atoms with Crippen LogP contribution in [0.15, 0.2) is 83.9 Å². The average molecular weight is 449 g/mol. The minimum absolute atomic E-state index is 0.0504. The third-order valence-electron chi connectivity index (χ3n) is 6.28. The largest absolute Gasteiger partial charge is 0.384 e. The van der Waals surface area contributed by atoms with Crippen LogP contribution in [-0.4, -0.2) is 26.1 Å². The summed E-state index contributed by atoms with van der Waals surface area (Å²) in [5, 5.41) is 11.1. The Morgan fingerprint density at radius 3 is 2.50 bits per heavy atom. The van der Waals surface area contributed by atoms with Crippen molar-refractivity contribution < 1.29 is 4.39 Å². The summed E-state index contributed by atoms with van der Waals surface area (Å²) in [5.41, 5.74) is 13.5. The van der Waals surface area contributed by atoms with Gasteiger partial charge in [-0.15, -0.1) is 5.10 Å². The maximum absolute atomic E-state index is 14.9. The molecule has 1 atom stereocenters. The van der Waals surface area contributed by atoms with Gasteiger partial charge in [0.05, 0.1) is 5.69 Å². The Morgan fingerprint density at radius 1 is 0.941 bits per heavy atom. The highest BCUT2D eigenvalue weighted by Gasteiger charge is 2.25. The number of nitrogens with zero attached hydrogens (tertiary/aromatic N) is 4. The highest BCUT2D eigenvalue weighted by atomic mass is 19.1. The normalized spacial score (nSPS) is 13.6. The number of rotatable bonds is 5. The molecule has 3 N–H and O–H groups in total. The van der Waals surface area contributed by atoms with Gasteiger partial charge in [0.1, 0.15) is 17.2 Å². The molecule has 6 nitrogen and oxygen atoms in total. The number of aromatic nitrogens is 4. The molecule has 1 aliphatic rings. The second kappa shape index (κ2) is 8.19. The van der Waals surface area contributed by atoms with E-state index in [1.165, 1.54) is 0 Å². The molecule has 0 fully saturated rings. The SMILES string of the molecule is Nc1cc([C@H](CC2=Nc3cc(F)c(-c4ccccc4)cc3C2)c2ccccc2)c2n[nH]nc2n1. The van der Waals surface area contributed by atoms with Crippen LogP contribution < -0.4 is 5.73 Å². The molecule has 5 aromatic rings. The fourth-order valence-electron chi connectivity index (χ4n) is 4.71. The lowest BCUT2D eigenvalue weighted by Crippen LogP contribution is -2.10. The van der Waals surface area contributed by atoms with Crippen molar-refractivity contribution in [2.24, 2.45) is 4.99 Å². The molecule has 0 spiro atoms. The number of aromatic amines is 1. The highest BCUT2D eigenvalue weighted by molar-refractivity contribution is 5.96. The van der Waals surface area contributed by atoms with Gasteiger partial charge in [-0.25, -0.2) is 9.37 Å². The van der Waals surface area contributed by atoms with E-state index < -0.39 is 0 Å². The third-order valence-corrected chi connectivity index (χ3v) is 6.28. The van der Waals surface area contributed by atoms with Crippen molar-refractivity contribution in [3.63, 3.8) is 0 Å². The van der Waals surface area contributed by atoms with Crippen LogP contribution in [0.1, 0.15) is 29.0 Å². The molecule has 7 heteroatoms.